The van der Waals surface area contributed by atoms with Gasteiger partial charge >= 0.3 is 0 Å². The molecule has 0 saturated carbocycles. The zero-order valence-electron chi connectivity index (χ0n) is 11.4. The Morgan fingerprint density at radius 2 is 2.00 bits per heavy atom. The summed E-state index contributed by atoms with van der Waals surface area (Å²) >= 11 is 6.88. The molecule has 0 spiro atoms. The Labute approximate surface area is 140 Å². The normalized spacial score (nSPS) is 16.9. The van der Waals surface area contributed by atoms with Crippen molar-refractivity contribution in [2.45, 2.75) is 19.4 Å². The first kappa shape index (κ1) is 14.6. The standard InChI is InChI=1S/C16H14Br2N2O/c1-9-6-10-7-12(19)3-5-15(10)20(9)16(21)13-8-11(17)2-4-14(13)18/h2-5,7-9H,6,19H2,1H3. The molecule has 2 aromatic carbocycles. The molecule has 1 unspecified atom stereocenters. The Hall–Kier alpha value is -1.33. The van der Waals surface area contributed by atoms with Crippen LogP contribution >= 0.6 is 31.9 Å². The van der Waals surface area contributed by atoms with E-state index in [9.17, 15) is 4.79 Å². The highest BCUT2D eigenvalue weighted by atomic mass is 79.9. The third-order valence-corrected chi connectivity index (χ3v) is 4.88. The molecule has 0 saturated heterocycles. The third kappa shape index (κ3) is 2.60. The number of nitrogen functional groups attached to an aromatic ring is 1. The summed E-state index contributed by atoms with van der Waals surface area (Å²) in [5, 5.41) is 0. The predicted octanol–water partition coefficient (Wildman–Crippen LogP) is 4.39. The maximum absolute atomic E-state index is 12.9. The van der Waals surface area contributed by atoms with Gasteiger partial charge in [0.15, 0.2) is 0 Å². The first-order valence-electron chi connectivity index (χ1n) is 6.64. The summed E-state index contributed by atoms with van der Waals surface area (Å²) in [6.07, 6.45) is 0.831. The van der Waals surface area contributed by atoms with Gasteiger partial charge < -0.3 is 10.6 Å². The summed E-state index contributed by atoms with van der Waals surface area (Å²) in [4.78, 5) is 14.8. The largest absolute Gasteiger partial charge is 0.399 e. The summed E-state index contributed by atoms with van der Waals surface area (Å²) in [6, 6.07) is 11.5. The van der Waals surface area contributed by atoms with E-state index >= 15 is 0 Å². The number of rotatable bonds is 1. The molecular weight excluding hydrogens is 396 g/mol. The molecule has 0 aliphatic carbocycles. The van der Waals surface area contributed by atoms with Crippen molar-refractivity contribution in [3.63, 3.8) is 0 Å². The van der Waals surface area contributed by atoms with Crippen LogP contribution in [0, 0.1) is 0 Å². The minimum atomic E-state index is -0.000744. The van der Waals surface area contributed by atoms with E-state index in [4.69, 9.17) is 5.73 Å². The van der Waals surface area contributed by atoms with Crippen molar-refractivity contribution in [1.29, 1.82) is 0 Å². The molecule has 5 heteroatoms. The molecule has 1 amide bonds. The van der Waals surface area contributed by atoms with Crippen molar-refractivity contribution in [3.8, 4) is 0 Å². The molecule has 3 rings (SSSR count). The van der Waals surface area contributed by atoms with Crippen LogP contribution in [-0.2, 0) is 6.42 Å². The van der Waals surface area contributed by atoms with Gasteiger partial charge in [-0.1, -0.05) is 15.9 Å². The molecule has 21 heavy (non-hydrogen) atoms. The van der Waals surface area contributed by atoms with Crippen LogP contribution < -0.4 is 10.6 Å². The van der Waals surface area contributed by atoms with E-state index < -0.39 is 0 Å². The summed E-state index contributed by atoms with van der Waals surface area (Å²) in [7, 11) is 0. The van der Waals surface area contributed by atoms with Crippen molar-refractivity contribution in [2.24, 2.45) is 0 Å². The zero-order valence-corrected chi connectivity index (χ0v) is 14.6. The second-order valence-electron chi connectivity index (χ2n) is 5.24. The van der Waals surface area contributed by atoms with E-state index in [1.165, 1.54) is 0 Å². The van der Waals surface area contributed by atoms with E-state index in [2.05, 4.69) is 38.8 Å². The summed E-state index contributed by atoms with van der Waals surface area (Å²) in [6.45, 7) is 2.06. The lowest BCUT2D eigenvalue weighted by molar-refractivity contribution is 0.0980. The number of amides is 1. The van der Waals surface area contributed by atoms with Crippen molar-refractivity contribution in [2.75, 3.05) is 10.6 Å². The molecule has 0 bridgehead atoms. The number of hydrogen-bond acceptors (Lipinski definition) is 2. The topological polar surface area (TPSA) is 46.3 Å². The van der Waals surface area contributed by atoms with Gasteiger partial charge in [-0.3, -0.25) is 4.79 Å². The Balaban J connectivity index is 2.05. The minimum absolute atomic E-state index is 0.000744. The van der Waals surface area contributed by atoms with Gasteiger partial charge in [0, 0.05) is 26.4 Å². The number of halogens is 2. The lowest BCUT2D eigenvalue weighted by Crippen LogP contribution is -2.35. The van der Waals surface area contributed by atoms with Crippen molar-refractivity contribution >= 4 is 49.1 Å². The molecule has 1 aliphatic rings. The summed E-state index contributed by atoms with van der Waals surface area (Å²) in [5.74, 6) is -0.000744. The lowest BCUT2D eigenvalue weighted by Gasteiger charge is -2.23. The summed E-state index contributed by atoms with van der Waals surface area (Å²) in [5.41, 5.74) is 9.30. The minimum Gasteiger partial charge on any atom is -0.399 e. The number of nitrogens with two attached hydrogens (primary N) is 1. The number of benzene rings is 2. The number of nitrogens with zero attached hydrogens (tertiary/aromatic N) is 1. The quantitative estimate of drug-likeness (QED) is 0.710. The summed E-state index contributed by atoms with van der Waals surface area (Å²) < 4.78 is 1.69. The van der Waals surface area contributed by atoms with Gasteiger partial charge in [-0.2, -0.15) is 0 Å². The van der Waals surface area contributed by atoms with Gasteiger partial charge in [0.05, 0.1) is 5.56 Å². The Bertz CT molecular complexity index is 730. The molecule has 0 radical (unpaired) electrons. The maximum atomic E-state index is 12.9. The van der Waals surface area contributed by atoms with E-state index in [1.807, 2.05) is 41.3 Å². The van der Waals surface area contributed by atoms with Crippen LogP contribution in [0.3, 0.4) is 0 Å². The van der Waals surface area contributed by atoms with Gasteiger partial charge in [-0.15, -0.1) is 0 Å². The van der Waals surface area contributed by atoms with Crippen LogP contribution in [0.25, 0.3) is 0 Å². The van der Waals surface area contributed by atoms with Gasteiger partial charge in [-0.05, 0) is 71.2 Å². The van der Waals surface area contributed by atoms with E-state index in [0.717, 1.165) is 32.3 Å². The monoisotopic (exact) mass is 408 g/mol. The zero-order chi connectivity index (χ0) is 15.1. The molecule has 1 aliphatic heterocycles. The molecule has 3 nitrogen and oxygen atoms in total. The van der Waals surface area contributed by atoms with Crippen LogP contribution in [0.1, 0.15) is 22.8 Å². The Morgan fingerprint density at radius 1 is 1.24 bits per heavy atom. The van der Waals surface area contributed by atoms with Crippen LogP contribution in [0.4, 0.5) is 11.4 Å². The number of fused-ring (bicyclic) bond motifs is 1. The highest BCUT2D eigenvalue weighted by Gasteiger charge is 2.32. The first-order chi connectivity index (χ1) is 9.97. The third-order valence-electron chi connectivity index (χ3n) is 3.70. The molecule has 108 valence electrons. The van der Waals surface area contributed by atoms with Crippen LogP contribution in [0.15, 0.2) is 45.3 Å². The fourth-order valence-corrected chi connectivity index (χ4v) is 3.53. The fraction of sp³-hybridized carbons (Fsp3) is 0.188. The number of carbonyl (C=O) groups excluding carboxylic acids is 1. The van der Waals surface area contributed by atoms with E-state index in [1.54, 1.807) is 0 Å². The molecule has 2 aromatic rings. The van der Waals surface area contributed by atoms with E-state index in [-0.39, 0.29) is 11.9 Å². The average Bonchev–Trinajstić information content (AvgIpc) is 2.75. The number of hydrogen-bond donors (Lipinski definition) is 1. The number of carbonyl (C=O) groups is 1. The SMILES string of the molecule is CC1Cc2cc(N)ccc2N1C(=O)c1cc(Br)ccc1Br. The van der Waals surface area contributed by atoms with Gasteiger partial charge in [-0.25, -0.2) is 0 Å². The van der Waals surface area contributed by atoms with Crippen LogP contribution in [-0.4, -0.2) is 11.9 Å². The second-order valence-corrected chi connectivity index (χ2v) is 7.01. The van der Waals surface area contributed by atoms with Crippen LogP contribution in [0.2, 0.25) is 0 Å². The first-order valence-corrected chi connectivity index (χ1v) is 8.23. The smallest absolute Gasteiger partial charge is 0.259 e. The molecule has 1 heterocycles. The van der Waals surface area contributed by atoms with Gasteiger partial charge in [0.25, 0.3) is 5.91 Å². The molecule has 1 atom stereocenters. The molecule has 0 fully saturated rings. The van der Waals surface area contributed by atoms with Crippen molar-refractivity contribution < 1.29 is 4.79 Å². The van der Waals surface area contributed by atoms with Crippen molar-refractivity contribution in [3.05, 3.63) is 56.5 Å². The van der Waals surface area contributed by atoms with Crippen molar-refractivity contribution in [1.82, 2.24) is 0 Å². The molecule has 2 N–H and O–H groups in total. The maximum Gasteiger partial charge on any atom is 0.259 e. The molecule has 0 aromatic heterocycles. The van der Waals surface area contributed by atoms with E-state index in [0.29, 0.717) is 5.56 Å². The van der Waals surface area contributed by atoms with Gasteiger partial charge in [0.1, 0.15) is 0 Å². The Kier molecular flexibility index (Phi) is 3.80. The van der Waals surface area contributed by atoms with Gasteiger partial charge in [0.2, 0.25) is 0 Å². The fourth-order valence-electron chi connectivity index (χ4n) is 2.75. The highest BCUT2D eigenvalue weighted by molar-refractivity contribution is 9.11. The average molecular weight is 410 g/mol. The predicted molar refractivity (Wildman–Crippen MR) is 92.7 cm³/mol. The Morgan fingerprint density at radius 3 is 2.76 bits per heavy atom. The number of anilines is 2. The second kappa shape index (κ2) is 5.46. The molecular formula is C16H14Br2N2O. The lowest BCUT2D eigenvalue weighted by atomic mass is 10.1. The van der Waals surface area contributed by atoms with Crippen LogP contribution in [0.5, 0.6) is 0 Å². The highest BCUT2D eigenvalue weighted by Crippen LogP contribution is 2.35.